The van der Waals surface area contributed by atoms with Crippen molar-refractivity contribution in [2.75, 3.05) is 23.6 Å². The van der Waals surface area contributed by atoms with Crippen molar-refractivity contribution in [3.05, 3.63) is 53.1 Å². The van der Waals surface area contributed by atoms with E-state index in [2.05, 4.69) is 5.32 Å². The van der Waals surface area contributed by atoms with Gasteiger partial charge in [0.25, 0.3) is 0 Å². The highest BCUT2D eigenvalue weighted by Crippen LogP contribution is 2.40. The van der Waals surface area contributed by atoms with Crippen molar-refractivity contribution in [3.63, 3.8) is 0 Å². The van der Waals surface area contributed by atoms with Gasteiger partial charge in [-0.05, 0) is 42.3 Å². The van der Waals surface area contributed by atoms with Crippen LogP contribution in [0, 0.1) is 0 Å². The molecule has 7 heteroatoms. The summed E-state index contributed by atoms with van der Waals surface area (Å²) >= 11 is 6.15. The molecule has 2 aromatic carbocycles. The molecule has 0 atom stereocenters. The van der Waals surface area contributed by atoms with Crippen molar-refractivity contribution < 1.29 is 19.1 Å². The molecule has 2 aromatic rings. The second-order valence-corrected chi connectivity index (χ2v) is 6.63. The Labute approximate surface area is 161 Å². The number of hydrogen-bond donors (Lipinski definition) is 1. The molecule has 2 heterocycles. The van der Waals surface area contributed by atoms with E-state index in [0.29, 0.717) is 40.9 Å². The molecule has 2 aliphatic heterocycles. The van der Waals surface area contributed by atoms with Crippen molar-refractivity contribution in [3.8, 4) is 11.5 Å². The molecule has 4 rings (SSSR count). The summed E-state index contributed by atoms with van der Waals surface area (Å²) in [6.07, 6.45) is 4.42. The van der Waals surface area contributed by atoms with E-state index in [-0.39, 0.29) is 18.6 Å². The van der Waals surface area contributed by atoms with Crippen LogP contribution >= 0.6 is 11.6 Å². The highest BCUT2D eigenvalue weighted by atomic mass is 35.5. The first kappa shape index (κ1) is 17.4. The Morgan fingerprint density at radius 1 is 1.22 bits per heavy atom. The van der Waals surface area contributed by atoms with Gasteiger partial charge in [0, 0.05) is 19.0 Å². The number of carbonyl (C=O) groups excluding carboxylic acids is 2. The third kappa shape index (κ3) is 3.61. The summed E-state index contributed by atoms with van der Waals surface area (Å²) in [6, 6.07) is 10.7. The highest BCUT2D eigenvalue weighted by Gasteiger charge is 2.24. The molecule has 1 saturated heterocycles. The third-order valence-electron chi connectivity index (χ3n) is 4.40. The summed E-state index contributed by atoms with van der Waals surface area (Å²) in [5, 5.41) is 3.27. The van der Waals surface area contributed by atoms with Gasteiger partial charge in [-0.25, -0.2) is 0 Å². The number of rotatable bonds is 4. The Morgan fingerprint density at radius 2 is 2.07 bits per heavy atom. The average Bonchev–Trinajstić information content (AvgIpc) is 3.29. The van der Waals surface area contributed by atoms with E-state index in [1.807, 2.05) is 18.2 Å². The van der Waals surface area contributed by atoms with E-state index >= 15 is 0 Å². The monoisotopic (exact) mass is 384 g/mol. The van der Waals surface area contributed by atoms with E-state index in [1.165, 1.54) is 6.08 Å². The Balaban J connectivity index is 1.50. The molecule has 0 bridgehead atoms. The van der Waals surface area contributed by atoms with Gasteiger partial charge >= 0.3 is 0 Å². The van der Waals surface area contributed by atoms with Gasteiger partial charge in [0.2, 0.25) is 18.6 Å². The zero-order chi connectivity index (χ0) is 18.8. The molecular formula is C20H17ClN2O4. The van der Waals surface area contributed by atoms with Gasteiger partial charge in [-0.3, -0.25) is 9.59 Å². The van der Waals surface area contributed by atoms with Crippen LogP contribution in [0.5, 0.6) is 11.5 Å². The van der Waals surface area contributed by atoms with E-state index in [9.17, 15) is 9.59 Å². The molecule has 0 aliphatic carbocycles. The van der Waals surface area contributed by atoms with Gasteiger partial charge < -0.3 is 19.7 Å². The van der Waals surface area contributed by atoms with Crippen LogP contribution in [-0.4, -0.2) is 25.2 Å². The fourth-order valence-electron chi connectivity index (χ4n) is 3.15. The van der Waals surface area contributed by atoms with Crippen LogP contribution < -0.4 is 19.7 Å². The topological polar surface area (TPSA) is 67.9 Å². The second kappa shape index (κ2) is 7.32. The van der Waals surface area contributed by atoms with Crippen LogP contribution in [0.1, 0.15) is 18.4 Å². The molecule has 0 aromatic heterocycles. The maximum Gasteiger partial charge on any atom is 0.248 e. The molecule has 0 saturated carbocycles. The lowest BCUT2D eigenvalue weighted by Gasteiger charge is -2.19. The average molecular weight is 385 g/mol. The standard InChI is InChI=1S/C20H17ClN2O4/c21-14-10-13(11-17-20(14)27-12-26-17)7-8-18(24)22-15-4-1-2-5-16(15)23-9-3-6-19(23)25/h1-2,4-5,7-8,10-11H,3,6,9,12H2,(H,22,24)/b8-7+. The molecule has 27 heavy (non-hydrogen) atoms. The summed E-state index contributed by atoms with van der Waals surface area (Å²) in [4.78, 5) is 26.1. The van der Waals surface area contributed by atoms with E-state index in [1.54, 1.807) is 29.2 Å². The number of benzene rings is 2. The molecule has 2 aliphatic rings. The number of halogens is 1. The van der Waals surface area contributed by atoms with Crippen LogP contribution in [-0.2, 0) is 9.59 Å². The summed E-state index contributed by atoms with van der Waals surface area (Å²) in [5.41, 5.74) is 2.04. The maximum absolute atomic E-state index is 12.4. The predicted molar refractivity (Wildman–Crippen MR) is 103 cm³/mol. The lowest BCUT2D eigenvalue weighted by atomic mass is 10.2. The van der Waals surface area contributed by atoms with Gasteiger partial charge in [0.05, 0.1) is 16.4 Å². The van der Waals surface area contributed by atoms with Gasteiger partial charge in [-0.2, -0.15) is 0 Å². The highest BCUT2D eigenvalue weighted by molar-refractivity contribution is 6.32. The molecular weight excluding hydrogens is 368 g/mol. The Morgan fingerprint density at radius 3 is 2.89 bits per heavy atom. The number of carbonyl (C=O) groups is 2. The van der Waals surface area contributed by atoms with Crippen molar-refractivity contribution >= 4 is 40.9 Å². The molecule has 2 amide bonds. The number of ether oxygens (including phenoxy) is 2. The van der Waals surface area contributed by atoms with Crippen molar-refractivity contribution in [1.82, 2.24) is 0 Å². The fourth-order valence-corrected chi connectivity index (χ4v) is 3.42. The fraction of sp³-hybridized carbons (Fsp3) is 0.200. The quantitative estimate of drug-likeness (QED) is 0.813. The van der Waals surface area contributed by atoms with E-state index in [0.717, 1.165) is 12.0 Å². The third-order valence-corrected chi connectivity index (χ3v) is 4.68. The SMILES string of the molecule is O=C(/C=C/c1cc(Cl)c2c(c1)OCO2)Nc1ccccc1N1CCCC1=O. The molecule has 0 unspecified atom stereocenters. The molecule has 1 fully saturated rings. The molecule has 0 spiro atoms. The number of nitrogens with one attached hydrogen (secondary N) is 1. The number of anilines is 2. The van der Waals surface area contributed by atoms with Crippen molar-refractivity contribution in [2.45, 2.75) is 12.8 Å². The molecule has 0 radical (unpaired) electrons. The summed E-state index contributed by atoms with van der Waals surface area (Å²) in [7, 11) is 0. The first-order chi connectivity index (χ1) is 13.1. The van der Waals surface area contributed by atoms with Crippen molar-refractivity contribution in [1.29, 1.82) is 0 Å². The van der Waals surface area contributed by atoms with Crippen LogP contribution in [0.25, 0.3) is 6.08 Å². The van der Waals surface area contributed by atoms with Gasteiger partial charge in [0.1, 0.15) is 0 Å². The van der Waals surface area contributed by atoms with E-state index in [4.69, 9.17) is 21.1 Å². The van der Waals surface area contributed by atoms with E-state index < -0.39 is 0 Å². The van der Waals surface area contributed by atoms with Crippen LogP contribution in [0.4, 0.5) is 11.4 Å². The minimum absolute atomic E-state index is 0.0715. The smallest absolute Gasteiger partial charge is 0.248 e. The zero-order valence-corrected chi connectivity index (χ0v) is 15.2. The number of amides is 2. The van der Waals surface area contributed by atoms with Gasteiger partial charge in [-0.1, -0.05) is 23.7 Å². The predicted octanol–water partition coefficient (Wildman–Crippen LogP) is 3.85. The Hall–Kier alpha value is -2.99. The maximum atomic E-state index is 12.4. The zero-order valence-electron chi connectivity index (χ0n) is 14.4. The molecule has 138 valence electrons. The normalized spacial score (nSPS) is 15.6. The first-order valence-electron chi connectivity index (χ1n) is 8.59. The van der Waals surface area contributed by atoms with Gasteiger partial charge in [0.15, 0.2) is 11.5 Å². The molecule has 1 N–H and O–H groups in total. The Bertz CT molecular complexity index is 942. The lowest BCUT2D eigenvalue weighted by Crippen LogP contribution is -2.25. The number of nitrogens with zero attached hydrogens (tertiary/aromatic N) is 1. The van der Waals surface area contributed by atoms with Crippen LogP contribution in [0.2, 0.25) is 5.02 Å². The molecule has 6 nitrogen and oxygen atoms in total. The van der Waals surface area contributed by atoms with Crippen LogP contribution in [0.15, 0.2) is 42.5 Å². The number of fused-ring (bicyclic) bond motifs is 1. The second-order valence-electron chi connectivity index (χ2n) is 6.23. The number of hydrogen-bond acceptors (Lipinski definition) is 4. The number of para-hydroxylation sites is 2. The first-order valence-corrected chi connectivity index (χ1v) is 8.97. The minimum Gasteiger partial charge on any atom is -0.454 e. The minimum atomic E-state index is -0.303. The largest absolute Gasteiger partial charge is 0.454 e. The summed E-state index contributed by atoms with van der Waals surface area (Å²) in [5.74, 6) is 0.841. The lowest BCUT2D eigenvalue weighted by molar-refractivity contribution is -0.117. The van der Waals surface area contributed by atoms with Crippen molar-refractivity contribution in [2.24, 2.45) is 0 Å². The Kier molecular flexibility index (Phi) is 4.73. The summed E-state index contributed by atoms with van der Waals surface area (Å²) < 4.78 is 10.6. The summed E-state index contributed by atoms with van der Waals surface area (Å²) in [6.45, 7) is 0.798. The van der Waals surface area contributed by atoms with Gasteiger partial charge in [-0.15, -0.1) is 0 Å². The van der Waals surface area contributed by atoms with Crippen LogP contribution in [0.3, 0.4) is 0 Å².